The lowest BCUT2D eigenvalue weighted by Gasteiger charge is -2.15. The maximum atomic E-state index is 11.9. The third kappa shape index (κ3) is 10.6. The number of nitrogens with zero attached hydrogens (tertiary/aromatic N) is 2. The zero-order valence-electron chi connectivity index (χ0n) is 17.9. The van der Waals surface area contributed by atoms with Crippen molar-refractivity contribution in [2.75, 3.05) is 47.0 Å². The quantitative estimate of drug-likeness (QED) is 0.159. The molecule has 1 amide bonds. The normalized spacial score (nSPS) is 16.5. The van der Waals surface area contributed by atoms with Gasteiger partial charge in [0.15, 0.2) is 5.96 Å². The lowest BCUT2D eigenvalue weighted by molar-refractivity contribution is -0.127. The average Bonchev–Trinajstić information content (AvgIpc) is 3.22. The van der Waals surface area contributed by atoms with E-state index >= 15 is 0 Å². The van der Waals surface area contributed by atoms with Crippen LogP contribution < -0.4 is 15.8 Å². The summed E-state index contributed by atoms with van der Waals surface area (Å²) in [4.78, 5) is 17.9. The molecular weight excluding hydrogens is 537 g/mol. The molecule has 1 aromatic carbocycles. The van der Waals surface area contributed by atoms with Crippen LogP contribution in [0.3, 0.4) is 0 Å². The third-order valence-electron chi connectivity index (χ3n) is 4.43. The predicted molar refractivity (Wildman–Crippen MR) is 129 cm³/mol. The molecule has 0 radical (unpaired) electrons. The molecule has 12 heteroatoms. The van der Waals surface area contributed by atoms with Gasteiger partial charge in [-0.05, 0) is 30.5 Å². The number of amides is 1. The Labute approximate surface area is 201 Å². The van der Waals surface area contributed by atoms with E-state index in [1.54, 1.807) is 26.2 Å². The van der Waals surface area contributed by atoms with Crippen molar-refractivity contribution in [2.45, 2.75) is 30.4 Å². The highest BCUT2D eigenvalue weighted by molar-refractivity contribution is 14.0. The van der Waals surface area contributed by atoms with Gasteiger partial charge in [-0.1, -0.05) is 12.1 Å². The van der Waals surface area contributed by atoms with Gasteiger partial charge in [-0.3, -0.25) is 4.79 Å². The first-order chi connectivity index (χ1) is 14.3. The Bertz CT molecular complexity index is 811. The summed E-state index contributed by atoms with van der Waals surface area (Å²) in [7, 11) is -0.352. The predicted octanol–water partition coefficient (Wildman–Crippen LogP) is 0.271. The van der Waals surface area contributed by atoms with Gasteiger partial charge in [0, 0.05) is 33.9 Å². The highest BCUT2D eigenvalue weighted by Gasteiger charge is 2.15. The number of sulfonamides is 1. The average molecular weight is 569 g/mol. The summed E-state index contributed by atoms with van der Waals surface area (Å²) in [5.41, 5.74) is 0.812. The molecule has 1 aromatic rings. The number of halogens is 1. The topological polar surface area (TPSA) is 135 Å². The van der Waals surface area contributed by atoms with Crippen LogP contribution in [0.2, 0.25) is 0 Å². The van der Waals surface area contributed by atoms with E-state index in [1.807, 2.05) is 0 Å². The second kappa shape index (κ2) is 13.8. The lowest BCUT2D eigenvalue weighted by Crippen LogP contribution is -2.43. The fourth-order valence-electron chi connectivity index (χ4n) is 2.62. The summed E-state index contributed by atoms with van der Waals surface area (Å²) in [5.74, 6) is 0.413. The summed E-state index contributed by atoms with van der Waals surface area (Å²) >= 11 is 0. The number of hydrogen-bond donors (Lipinski definition) is 3. The van der Waals surface area contributed by atoms with E-state index in [1.165, 1.54) is 17.0 Å². The molecule has 1 saturated heterocycles. The minimum absolute atomic E-state index is 0. The SMILES string of the molecule is CN(C)C(=O)CNC(=NCc1ccc(S(N)(=O)=O)cc1)NCCCOC1CCOC1.I. The largest absolute Gasteiger partial charge is 0.379 e. The van der Waals surface area contributed by atoms with Gasteiger partial charge in [0.05, 0.1) is 30.7 Å². The van der Waals surface area contributed by atoms with Crippen LogP contribution >= 0.6 is 24.0 Å². The number of nitrogens with one attached hydrogen (secondary N) is 2. The van der Waals surface area contributed by atoms with Crippen LogP contribution in [0.4, 0.5) is 0 Å². The lowest BCUT2D eigenvalue weighted by atomic mass is 10.2. The monoisotopic (exact) mass is 569 g/mol. The minimum Gasteiger partial charge on any atom is -0.379 e. The van der Waals surface area contributed by atoms with E-state index in [0.717, 1.165) is 25.0 Å². The first-order valence-electron chi connectivity index (χ1n) is 9.79. The molecule has 2 rings (SSSR count). The number of hydrogen-bond acceptors (Lipinski definition) is 6. The number of primary sulfonamides is 1. The molecule has 10 nitrogen and oxygen atoms in total. The second-order valence-electron chi connectivity index (χ2n) is 7.13. The van der Waals surface area contributed by atoms with E-state index in [0.29, 0.717) is 32.3 Å². The maximum absolute atomic E-state index is 11.9. The van der Waals surface area contributed by atoms with Gasteiger partial charge in [-0.2, -0.15) is 0 Å². The molecule has 1 aliphatic heterocycles. The summed E-state index contributed by atoms with van der Waals surface area (Å²) < 4.78 is 33.7. The summed E-state index contributed by atoms with van der Waals surface area (Å²) in [6.07, 6.45) is 1.88. The number of ether oxygens (including phenoxy) is 2. The molecule has 1 aliphatic rings. The summed E-state index contributed by atoms with van der Waals surface area (Å²) in [6.45, 7) is 3.06. The summed E-state index contributed by atoms with van der Waals surface area (Å²) in [5, 5.41) is 11.3. The Morgan fingerprint density at radius 1 is 1.29 bits per heavy atom. The van der Waals surface area contributed by atoms with Crippen LogP contribution in [0, 0.1) is 0 Å². The van der Waals surface area contributed by atoms with Crippen LogP contribution in [0.5, 0.6) is 0 Å². The van der Waals surface area contributed by atoms with Gasteiger partial charge in [0.1, 0.15) is 0 Å². The minimum atomic E-state index is -3.72. The Balaban J connectivity index is 0.00000480. The van der Waals surface area contributed by atoms with E-state index in [9.17, 15) is 13.2 Å². The van der Waals surface area contributed by atoms with Crippen LogP contribution in [0.25, 0.3) is 0 Å². The molecule has 0 spiro atoms. The van der Waals surface area contributed by atoms with Gasteiger partial charge in [-0.25, -0.2) is 18.5 Å². The first-order valence-corrected chi connectivity index (χ1v) is 11.3. The molecular formula is C19H32IN5O5S. The van der Waals surface area contributed by atoms with E-state index in [4.69, 9.17) is 14.6 Å². The Morgan fingerprint density at radius 2 is 2.00 bits per heavy atom. The molecule has 176 valence electrons. The molecule has 4 N–H and O–H groups in total. The van der Waals surface area contributed by atoms with Gasteiger partial charge >= 0.3 is 0 Å². The molecule has 0 aliphatic carbocycles. The number of carbonyl (C=O) groups excluding carboxylic acids is 1. The molecule has 1 fully saturated rings. The van der Waals surface area contributed by atoms with Crippen molar-refractivity contribution in [3.05, 3.63) is 29.8 Å². The van der Waals surface area contributed by atoms with Crippen LogP contribution in [-0.4, -0.2) is 78.3 Å². The van der Waals surface area contributed by atoms with Crippen molar-refractivity contribution in [3.63, 3.8) is 0 Å². The van der Waals surface area contributed by atoms with E-state index in [2.05, 4.69) is 15.6 Å². The third-order valence-corrected chi connectivity index (χ3v) is 5.36. The van der Waals surface area contributed by atoms with Crippen LogP contribution in [0.15, 0.2) is 34.2 Å². The number of guanidine groups is 1. The Morgan fingerprint density at radius 3 is 2.58 bits per heavy atom. The molecule has 0 bridgehead atoms. The smallest absolute Gasteiger partial charge is 0.241 e. The van der Waals surface area contributed by atoms with Gasteiger partial charge in [-0.15, -0.1) is 24.0 Å². The van der Waals surface area contributed by atoms with E-state index in [-0.39, 0.29) is 47.4 Å². The Hall–Kier alpha value is -1.48. The van der Waals surface area contributed by atoms with Crippen molar-refractivity contribution < 1.29 is 22.7 Å². The van der Waals surface area contributed by atoms with Crippen molar-refractivity contribution in [1.82, 2.24) is 15.5 Å². The number of carbonyl (C=O) groups is 1. The first kappa shape index (κ1) is 27.6. The second-order valence-corrected chi connectivity index (χ2v) is 8.69. The van der Waals surface area contributed by atoms with E-state index < -0.39 is 10.0 Å². The maximum Gasteiger partial charge on any atom is 0.241 e. The molecule has 1 heterocycles. The van der Waals surface area contributed by atoms with Gasteiger partial charge < -0.3 is 25.0 Å². The molecule has 1 unspecified atom stereocenters. The fraction of sp³-hybridized carbons (Fsp3) is 0.579. The van der Waals surface area contributed by atoms with Crippen molar-refractivity contribution in [3.8, 4) is 0 Å². The van der Waals surface area contributed by atoms with Crippen molar-refractivity contribution in [2.24, 2.45) is 10.1 Å². The highest BCUT2D eigenvalue weighted by atomic mass is 127. The molecule has 0 aromatic heterocycles. The number of nitrogens with two attached hydrogens (primary N) is 1. The summed E-state index contributed by atoms with van der Waals surface area (Å²) in [6, 6.07) is 6.20. The zero-order chi connectivity index (χ0) is 22.0. The van der Waals surface area contributed by atoms with Gasteiger partial charge in [0.2, 0.25) is 15.9 Å². The number of aliphatic imine (C=N–C) groups is 1. The number of benzene rings is 1. The highest BCUT2D eigenvalue weighted by Crippen LogP contribution is 2.10. The number of likely N-dealkylation sites (N-methyl/N-ethyl adjacent to an activating group) is 1. The van der Waals surface area contributed by atoms with Gasteiger partial charge in [0.25, 0.3) is 0 Å². The van der Waals surface area contributed by atoms with Crippen LogP contribution in [-0.2, 0) is 30.8 Å². The molecule has 1 atom stereocenters. The standard InChI is InChI=1S/C19H31N5O5S.HI/c1-24(2)18(25)13-23-19(21-9-3-10-29-16-8-11-28-14-16)22-12-15-4-6-17(7-5-15)30(20,26)27;/h4-7,16H,3,8-14H2,1-2H3,(H2,20,26,27)(H2,21,22,23);1H. The van der Waals surface area contributed by atoms with Crippen molar-refractivity contribution >= 4 is 45.9 Å². The van der Waals surface area contributed by atoms with Crippen LogP contribution in [0.1, 0.15) is 18.4 Å². The van der Waals surface area contributed by atoms with Crippen molar-refractivity contribution in [1.29, 1.82) is 0 Å². The zero-order valence-corrected chi connectivity index (χ0v) is 21.0. The fourth-order valence-corrected chi connectivity index (χ4v) is 3.14. The molecule has 31 heavy (non-hydrogen) atoms. The number of rotatable bonds is 10. The Kier molecular flexibility index (Phi) is 12.3. The molecule has 0 saturated carbocycles.